The van der Waals surface area contributed by atoms with Gasteiger partial charge in [0, 0.05) is 11.1 Å². The van der Waals surface area contributed by atoms with Crippen LogP contribution in [0.4, 0.5) is 5.69 Å². The normalized spacial score (nSPS) is 11.5. The van der Waals surface area contributed by atoms with E-state index < -0.39 is 0 Å². The lowest BCUT2D eigenvalue weighted by Gasteiger charge is -2.07. The first-order chi connectivity index (χ1) is 10.0. The van der Waals surface area contributed by atoms with E-state index in [1.807, 2.05) is 44.2 Å². The molecule has 4 heteroatoms. The first kappa shape index (κ1) is 15.3. The standard InChI is InChI=1S/C17H17ClN2O/c1-11-7-12(2)9-13(8-11)17(21)14-5-3-4-6-15(14)20-16(19)10-18/h3-9H,10H2,1-2H3,(H2,19,20). The lowest BCUT2D eigenvalue weighted by atomic mass is 9.98. The van der Waals surface area contributed by atoms with E-state index in [0.29, 0.717) is 16.8 Å². The first-order valence-corrected chi connectivity index (χ1v) is 7.15. The molecule has 3 nitrogen and oxygen atoms in total. The fraction of sp³-hybridized carbons (Fsp3) is 0.176. The molecule has 0 aliphatic rings. The topological polar surface area (TPSA) is 55.5 Å². The lowest BCUT2D eigenvalue weighted by molar-refractivity contribution is 0.103. The zero-order valence-electron chi connectivity index (χ0n) is 12.1. The number of hydrogen-bond acceptors (Lipinski definition) is 2. The number of halogens is 1. The molecule has 2 rings (SSSR count). The van der Waals surface area contributed by atoms with Gasteiger partial charge >= 0.3 is 0 Å². The summed E-state index contributed by atoms with van der Waals surface area (Å²) in [6.07, 6.45) is 0. The molecule has 0 aliphatic heterocycles. The highest BCUT2D eigenvalue weighted by Gasteiger charge is 2.14. The zero-order valence-corrected chi connectivity index (χ0v) is 12.8. The highest BCUT2D eigenvalue weighted by atomic mass is 35.5. The molecule has 0 heterocycles. The van der Waals surface area contributed by atoms with Gasteiger partial charge in [0.25, 0.3) is 0 Å². The van der Waals surface area contributed by atoms with Crippen molar-refractivity contribution in [3.05, 3.63) is 64.7 Å². The van der Waals surface area contributed by atoms with Crippen molar-refractivity contribution < 1.29 is 4.79 Å². The summed E-state index contributed by atoms with van der Waals surface area (Å²) in [6, 6.07) is 12.9. The van der Waals surface area contributed by atoms with Crippen LogP contribution in [-0.2, 0) is 0 Å². The Bertz CT molecular complexity index is 687. The van der Waals surface area contributed by atoms with Crippen molar-refractivity contribution in [2.75, 3.05) is 5.88 Å². The van der Waals surface area contributed by atoms with Crippen LogP contribution in [-0.4, -0.2) is 17.5 Å². The SMILES string of the molecule is Cc1cc(C)cc(C(=O)c2ccccc2N=C(N)CCl)c1. The summed E-state index contributed by atoms with van der Waals surface area (Å²) in [7, 11) is 0. The second-order valence-corrected chi connectivity index (χ2v) is 5.23. The number of nitrogens with zero attached hydrogens (tertiary/aromatic N) is 1. The van der Waals surface area contributed by atoms with E-state index >= 15 is 0 Å². The number of ketones is 1. The molecule has 0 amide bonds. The van der Waals surface area contributed by atoms with Gasteiger partial charge in [0.15, 0.2) is 5.78 Å². The van der Waals surface area contributed by atoms with Crippen LogP contribution in [0.3, 0.4) is 0 Å². The van der Waals surface area contributed by atoms with Crippen molar-refractivity contribution in [1.82, 2.24) is 0 Å². The monoisotopic (exact) mass is 300 g/mol. The number of para-hydroxylation sites is 1. The number of rotatable bonds is 4. The van der Waals surface area contributed by atoms with Gasteiger partial charge in [0.05, 0.1) is 11.6 Å². The predicted octanol–water partition coefficient (Wildman–Crippen LogP) is 3.76. The fourth-order valence-corrected chi connectivity index (χ4v) is 2.27. The van der Waals surface area contributed by atoms with Gasteiger partial charge in [-0.3, -0.25) is 4.79 Å². The van der Waals surface area contributed by atoms with Gasteiger partial charge < -0.3 is 5.73 Å². The van der Waals surface area contributed by atoms with Crippen LogP contribution in [0.15, 0.2) is 47.5 Å². The molecule has 0 bridgehead atoms. The van der Waals surface area contributed by atoms with E-state index in [-0.39, 0.29) is 17.5 Å². The van der Waals surface area contributed by atoms with E-state index in [0.717, 1.165) is 11.1 Å². The summed E-state index contributed by atoms with van der Waals surface area (Å²) in [4.78, 5) is 16.9. The van der Waals surface area contributed by atoms with Crippen LogP contribution in [0.5, 0.6) is 0 Å². The second kappa shape index (κ2) is 6.55. The summed E-state index contributed by atoms with van der Waals surface area (Å²) in [5.41, 5.74) is 9.50. The third kappa shape index (κ3) is 3.70. The van der Waals surface area contributed by atoms with E-state index in [9.17, 15) is 4.79 Å². The lowest BCUT2D eigenvalue weighted by Crippen LogP contribution is -2.13. The maximum atomic E-state index is 12.7. The molecule has 0 aromatic heterocycles. The molecule has 2 N–H and O–H groups in total. The molecule has 2 aromatic carbocycles. The Morgan fingerprint density at radius 1 is 1.14 bits per heavy atom. The number of nitrogens with two attached hydrogens (primary N) is 1. The molecular formula is C17H17ClN2O. The van der Waals surface area contributed by atoms with Gasteiger partial charge in [-0.1, -0.05) is 29.3 Å². The number of amidine groups is 1. The molecule has 0 aliphatic carbocycles. The van der Waals surface area contributed by atoms with Gasteiger partial charge in [0.1, 0.15) is 5.84 Å². The third-order valence-electron chi connectivity index (χ3n) is 3.03. The Kier molecular flexibility index (Phi) is 4.76. The van der Waals surface area contributed by atoms with E-state index in [1.165, 1.54) is 0 Å². The Hall–Kier alpha value is -2.13. The molecule has 108 valence electrons. The second-order valence-electron chi connectivity index (χ2n) is 4.96. The van der Waals surface area contributed by atoms with E-state index in [2.05, 4.69) is 4.99 Å². The quantitative estimate of drug-likeness (QED) is 0.404. The molecule has 0 radical (unpaired) electrons. The van der Waals surface area contributed by atoms with Crippen molar-refractivity contribution in [3.8, 4) is 0 Å². The fourth-order valence-electron chi connectivity index (χ4n) is 2.21. The van der Waals surface area contributed by atoms with Crippen molar-refractivity contribution >= 4 is 28.9 Å². The molecule has 21 heavy (non-hydrogen) atoms. The number of aliphatic imine (C=N–C) groups is 1. The van der Waals surface area contributed by atoms with Crippen molar-refractivity contribution in [1.29, 1.82) is 0 Å². The largest absolute Gasteiger partial charge is 0.386 e. The number of alkyl halides is 1. The van der Waals surface area contributed by atoms with Crippen LogP contribution in [0.1, 0.15) is 27.0 Å². The molecule has 0 fully saturated rings. The number of carbonyl (C=O) groups is 1. The number of carbonyl (C=O) groups excluding carboxylic acids is 1. The molecule has 2 aromatic rings. The van der Waals surface area contributed by atoms with Crippen LogP contribution >= 0.6 is 11.6 Å². The van der Waals surface area contributed by atoms with Crippen molar-refractivity contribution in [3.63, 3.8) is 0 Å². The van der Waals surface area contributed by atoms with Crippen LogP contribution in [0.25, 0.3) is 0 Å². The minimum atomic E-state index is -0.0662. The van der Waals surface area contributed by atoms with E-state index in [1.54, 1.807) is 12.1 Å². The summed E-state index contributed by atoms with van der Waals surface area (Å²) in [6.45, 7) is 3.94. The van der Waals surface area contributed by atoms with Crippen LogP contribution in [0.2, 0.25) is 0 Å². The molecule has 0 saturated carbocycles. The van der Waals surface area contributed by atoms with Gasteiger partial charge in [-0.15, -0.1) is 11.6 Å². The minimum Gasteiger partial charge on any atom is -0.386 e. The highest BCUT2D eigenvalue weighted by Crippen LogP contribution is 2.23. The zero-order chi connectivity index (χ0) is 15.4. The molecule has 0 unspecified atom stereocenters. The Morgan fingerprint density at radius 3 is 2.38 bits per heavy atom. The number of aryl methyl sites for hydroxylation is 2. The average molecular weight is 301 g/mol. The number of hydrogen-bond donors (Lipinski definition) is 1. The smallest absolute Gasteiger partial charge is 0.195 e. The maximum Gasteiger partial charge on any atom is 0.195 e. The summed E-state index contributed by atoms with van der Waals surface area (Å²) >= 11 is 5.65. The Balaban J connectivity index is 2.49. The summed E-state index contributed by atoms with van der Waals surface area (Å²) < 4.78 is 0. The van der Waals surface area contributed by atoms with Gasteiger partial charge in [-0.2, -0.15) is 0 Å². The maximum absolute atomic E-state index is 12.7. The predicted molar refractivity (Wildman–Crippen MR) is 87.8 cm³/mol. The Morgan fingerprint density at radius 2 is 1.76 bits per heavy atom. The van der Waals surface area contributed by atoms with Crippen LogP contribution in [0, 0.1) is 13.8 Å². The summed E-state index contributed by atoms with van der Waals surface area (Å²) in [5.74, 6) is 0.354. The van der Waals surface area contributed by atoms with Crippen LogP contribution < -0.4 is 5.73 Å². The molecular weight excluding hydrogens is 284 g/mol. The first-order valence-electron chi connectivity index (χ1n) is 6.62. The minimum absolute atomic E-state index is 0.0662. The van der Waals surface area contributed by atoms with Crippen molar-refractivity contribution in [2.24, 2.45) is 10.7 Å². The Labute approximate surface area is 129 Å². The molecule has 0 atom stereocenters. The third-order valence-corrected chi connectivity index (χ3v) is 3.31. The van der Waals surface area contributed by atoms with Gasteiger partial charge in [0.2, 0.25) is 0 Å². The van der Waals surface area contributed by atoms with E-state index in [4.69, 9.17) is 17.3 Å². The molecule has 0 spiro atoms. The number of benzene rings is 2. The van der Waals surface area contributed by atoms with Gasteiger partial charge in [-0.05, 0) is 38.1 Å². The van der Waals surface area contributed by atoms with Gasteiger partial charge in [-0.25, -0.2) is 4.99 Å². The summed E-state index contributed by atoms with van der Waals surface area (Å²) in [5, 5.41) is 0. The molecule has 0 saturated heterocycles. The van der Waals surface area contributed by atoms with Crippen molar-refractivity contribution in [2.45, 2.75) is 13.8 Å². The average Bonchev–Trinajstić information content (AvgIpc) is 2.46. The highest BCUT2D eigenvalue weighted by molar-refractivity contribution is 6.28.